The Morgan fingerprint density at radius 2 is 2.25 bits per heavy atom. The van der Waals surface area contributed by atoms with Gasteiger partial charge in [-0.2, -0.15) is 4.98 Å². The van der Waals surface area contributed by atoms with E-state index in [4.69, 9.17) is 21.9 Å². The second-order valence-corrected chi connectivity index (χ2v) is 3.91. The van der Waals surface area contributed by atoms with Gasteiger partial charge in [-0.3, -0.25) is 0 Å². The summed E-state index contributed by atoms with van der Waals surface area (Å²) >= 11 is 5.83. The summed E-state index contributed by atoms with van der Waals surface area (Å²) in [6, 6.07) is 5.25. The van der Waals surface area contributed by atoms with Crippen LogP contribution >= 0.6 is 11.6 Å². The van der Waals surface area contributed by atoms with E-state index >= 15 is 0 Å². The van der Waals surface area contributed by atoms with E-state index < -0.39 is 0 Å². The largest absolute Gasteiger partial charge is 0.398 e. The standard InChI is InChI=1S/C11H12ClN3O/c1-2-3-10-14-11(16-15-10)7-4-5-8(12)9(13)6-7/h4-6H,2-3,13H2,1H3. The van der Waals surface area contributed by atoms with Gasteiger partial charge in [-0.05, 0) is 24.6 Å². The van der Waals surface area contributed by atoms with Crippen LogP contribution in [0.1, 0.15) is 19.2 Å². The lowest BCUT2D eigenvalue weighted by Gasteiger charge is -1.98. The molecular weight excluding hydrogens is 226 g/mol. The van der Waals surface area contributed by atoms with Gasteiger partial charge in [0.05, 0.1) is 10.7 Å². The van der Waals surface area contributed by atoms with Gasteiger partial charge in [-0.15, -0.1) is 0 Å². The third-order valence-electron chi connectivity index (χ3n) is 2.18. The van der Waals surface area contributed by atoms with Crippen LogP contribution in [0.15, 0.2) is 22.7 Å². The Kier molecular flexibility index (Phi) is 3.10. The summed E-state index contributed by atoms with van der Waals surface area (Å²) in [6.07, 6.45) is 1.80. The van der Waals surface area contributed by atoms with Crippen molar-refractivity contribution in [3.63, 3.8) is 0 Å². The molecule has 5 heteroatoms. The minimum atomic E-state index is 0.479. The van der Waals surface area contributed by atoms with Gasteiger partial charge >= 0.3 is 0 Å². The second-order valence-electron chi connectivity index (χ2n) is 3.50. The number of nitrogen functional groups attached to an aromatic ring is 1. The average molecular weight is 238 g/mol. The molecule has 0 fully saturated rings. The van der Waals surface area contributed by atoms with Crippen molar-refractivity contribution in [1.82, 2.24) is 10.1 Å². The van der Waals surface area contributed by atoms with Crippen molar-refractivity contribution in [2.75, 3.05) is 5.73 Å². The highest BCUT2D eigenvalue weighted by molar-refractivity contribution is 6.33. The molecule has 84 valence electrons. The van der Waals surface area contributed by atoms with Crippen molar-refractivity contribution in [1.29, 1.82) is 0 Å². The SMILES string of the molecule is CCCc1noc(-c2ccc(Cl)c(N)c2)n1. The highest BCUT2D eigenvalue weighted by Gasteiger charge is 2.09. The zero-order chi connectivity index (χ0) is 11.5. The van der Waals surface area contributed by atoms with E-state index in [9.17, 15) is 0 Å². The summed E-state index contributed by atoms with van der Waals surface area (Å²) in [6.45, 7) is 2.07. The van der Waals surface area contributed by atoms with Crippen molar-refractivity contribution in [3.05, 3.63) is 29.0 Å². The Labute approximate surface area is 98.4 Å². The molecule has 0 radical (unpaired) electrons. The first-order chi connectivity index (χ1) is 7.70. The van der Waals surface area contributed by atoms with Gasteiger partial charge in [0.15, 0.2) is 5.82 Å². The number of nitrogens with zero attached hydrogens (tertiary/aromatic N) is 2. The average Bonchev–Trinajstić information content (AvgIpc) is 2.71. The number of nitrogens with two attached hydrogens (primary N) is 1. The third-order valence-corrected chi connectivity index (χ3v) is 2.53. The van der Waals surface area contributed by atoms with Crippen LogP contribution < -0.4 is 5.73 Å². The molecule has 0 atom stereocenters. The topological polar surface area (TPSA) is 64.9 Å². The van der Waals surface area contributed by atoms with Crippen LogP contribution in [-0.4, -0.2) is 10.1 Å². The number of aryl methyl sites for hydroxylation is 1. The van der Waals surface area contributed by atoms with Crippen LogP contribution in [0.4, 0.5) is 5.69 Å². The number of anilines is 1. The molecule has 0 aliphatic heterocycles. The van der Waals surface area contributed by atoms with E-state index in [0.29, 0.717) is 22.4 Å². The monoisotopic (exact) mass is 237 g/mol. The van der Waals surface area contributed by atoms with Gasteiger partial charge in [-0.25, -0.2) is 0 Å². The smallest absolute Gasteiger partial charge is 0.257 e. The van der Waals surface area contributed by atoms with Gasteiger partial charge in [0.1, 0.15) is 0 Å². The first-order valence-corrected chi connectivity index (χ1v) is 5.46. The Balaban J connectivity index is 2.31. The Morgan fingerprint density at radius 3 is 2.94 bits per heavy atom. The molecule has 0 saturated heterocycles. The molecule has 0 aliphatic carbocycles. The number of benzene rings is 1. The Bertz CT molecular complexity index is 496. The van der Waals surface area contributed by atoms with E-state index in [1.807, 2.05) is 6.07 Å². The molecule has 0 bridgehead atoms. The molecule has 1 heterocycles. The van der Waals surface area contributed by atoms with Crippen LogP contribution in [0.25, 0.3) is 11.5 Å². The van der Waals surface area contributed by atoms with Gasteiger partial charge in [-0.1, -0.05) is 23.7 Å². The first kappa shape index (κ1) is 11.0. The molecule has 1 aromatic heterocycles. The Morgan fingerprint density at radius 1 is 1.44 bits per heavy atom. The maximum Gasteiger partial charge on any atom is 0.257 e. The van der Waals surface area contributed by atoms with Crippen LogP contribution in [0, 0.1) is 0 Å². The lowest BCUT2D eigenvalue weighted by atomic mass is 10.2. The summed E-state index contributed by atoms with van der Waals surface area (Å²) in [5, 5.41) is 4.40. The molecule has 16 heavy (non-hydrogen) atoms. The highest BCUT2D eigenvalue weighted by atomic mass is 35.5. The van der Waals surface area contributed by atoms with E-state index in [-0.39, 0.29) is 0 Å². The molecule has 0 aliphatic rings. The minimum absolute atomic E-state index is 0.479. The number of aromatic nitrogens is 2. The van der Waals surface area contributed by atoms with Crippen LogP contribution in [0.2, 0.25) is 5.02 Å². The molecule has 1 aromatic carbocycles. The van der Waals surface area contributed by atoms with E-state index in [1.165, 1.54) is 0 Å². The molecule has 0 amide bonds. The maximum atomic E-state index is 5.83. The van der Waals surface area contributed by atoms with Gasteiger partial charge in [0.2, 0.25) is 0 Å². The fourth-order valence-corrected chi connectivity index (χ4v) is 1.49. The van der Waals surface area contributed by atoms with Crippen molar-refractivity contribution in [2.45, 2.75) is 19.8 Å². The zero-order valence-electron chi connectivity index (χ0n) is 8.90. The fraction of sp³-hybridized carbons (Fsp3) is 0.273. The molecular formula is C11H12ClN3O. The number of hydrogen-bond acceptors (Lipinski definition) is 4. The quantitative estimate of drug-likeness (QED) is 0.834. The summed E-state index contributed by atoms with van der Waals surface area (Å²) in [5.74, 6) is 1.19. The maximum absolute atomic E-state index is 5.83. The third kappa shape index (κ3) is 2.17. The second kappa shape index (κ2) is 4.53. The van der Waals surface area contributed by atoms with E-state index in [1.54, 1.807) is 12.1 Å². The van der Waals surface area contributed by atoms with Crippen LogP contribution in [-0.2, 0) is 6.42 Å². The fourth-order valence-electron chi connectivity index (χ4n) is 1.37. The predicted molar refractivity (Wildman–Crippen MR) is 63.2 cm³/mol. The van der Waals surface area contributed by atoms with Gasteiger partial charge < -0.3 is 10.3 Å². The Hall–Kier alpha value is -1.55. The lowest BCUT2D eigenvalue weighted by Crippen LogP contribution is -1.88. The number of hydrogen-bond donors (Lipinski definition) is 1. The lowest BCUT2D eigenvalue weighted by molar-refractivity contribution is 0.422. The molecule has 0 spiro atoms. The minimum Gasteiger partial charge on any atom is -0.398 e. The number of rotatable bonds is 3. The molecule has 2 rings (SSSR count). The zero-order valence-corrected chi connectivity index (χ0v) is 9.66. The normalized spacial score (nSPS) is 10.6. The molecule has 2 N–H and O–H groups in total. The first-order valence-electron chi connectivity index (χ1n) is 5.08. The highest BCUT2D eigenvalue weighted by Crippen LogP contribution is 2.25. The predicted octanol–water partition coefficient (Wildman–Crippen LogP) is 2.92. The summed E-state index contributed by atoms with van der Waals surface area (Å²) in [4.78, 5) is 4.26. The molecule has 2 aromatic rings. The van der Waals surface area contributed by atoms with Gasteiger partial charge in [0.25, 0.3) is 5.89 Å². The van der Waals surface area contributed by atoms with E-state index in [0.717, 1.165) is 18.4 Å². The van der Waals surface area contributed by atoms with E-state index in [2.05, 4.69) is 17.1 Å². The molecule has 0 unspecified atom stereocenters. The molecule has 0 saturated carbocycles. The summed E-state index contributed by atoms with van der Waals surface area (Å²) in [5.41, 5.74) is 7.00. The van der Waals surface area contributed by atoms with Crippen molar-refractivity contribution in [3.8, 4) is 11.5 Å². The summed E-state index contributed by atoms with van der Waals surface area (Å²) < 4.78 is 5.14. The number of halogens is 1. The van der Waals surface area contributed by atoms with Crippen LogP contribution in [0.3, 0.4) is 0 Å². The molecule has 4 nitrogen and oxygen atoms in total. The van der Waals surface area contributed by atoms with Gasteiger partial charge in [0, 0.05) is 12.0 Å². The van der Waals surface area contributed by atoms with Crippen molar-refractivity contribution < 1.29 is 4.52 Å². The van der Waals surface area contributed by atoms with Crippen molar-refractivity contribution in [2.24, 2.45) is 0 Å². The van der Waals surface area contributed by atoms with Crippen LogP contribution in [0.5, 0.6) is 0 Å². The summed E-state index contributed by atoms with van der Waals surface area (Å²) in [7, 11) is 0. The van der Waals surface area contributed by atoms with Crippen molar-refractivity contribution >= 4 is 17.3 Å².